The third-order valence-electron chi connectivity index (χ3n) is 5.48. The highest BCUT2D eigenvalue weighted by atomic mass is 16.2. The molecular formula is C20H28N4O. The molecule has 0 bridgehead atoms. The predicted molar refractivity (Wildman–Crippen MR) is 97.9 cm³/mol. The zero-order valence-corrected chi connectivity index (χ0v) is 15.2. The summed E-state index contributed by atoms with van der Waals surface area (Å²) in [6.07, 6.45) is 3.52. The molecular weight excluding hydrogens is 312 g/mol. The summed E-state index contributed by atoms with van der Waals surface area (Å²) in [7, 11) is 0. The van der Waals surface area contributed by atoms with Crippen LogP contribution in [0, 0.1) is 11.3 Å². The molecule has 0 aromatic heterocycles. The third-order valence-corrected chi connectivity index (χ3v) is 5.48. The Kier molecular flexibility index (Phi) is 6.06. The number of likely N-dealkylation sites (tertiary alicyclic amines) is 1. The maximum absolute atomic E-state index is 12.6. The minimum Gasteiger partial charge on any atom is -0.339 e. The van der Waals surface area contributed by atoms with Crippen LogP contribution in [-0.2, 0) is 11.3 Å². The molecule has 1 unspecified atom stereocenters. The van der Waals surface area contributed by atoms with E-state index < -0.39 is 0 Å². The van der Waals surface area contributed by atoms with Gasteiger partial charge in [-0.2, -0.15) is 5.26 Å². The average Bonchev–Trinajstić information content (AvgIpc) is 2.64. The van der Waals surface area contributed by atoms with Crippen LogP contribution in [0.1, 0.15) is 37.3 Å². The second kappa shape index (κ2) is 8.46. The number of rotatable bonds is 4. The van der Waals surface area contributed by atoms with Crippen molar-refractivity contribution in [2.45, 2.75) is 38.8 Å². The number of piperidine rings is 1. The zero-order valence-electron chi connectivity index (χ0n) is 15.2. The Morgan fingerprint density at radius 2 is 1.84 bits per heavy atom. The number of carbonyl (C=O) groups excluding carboxylic acids is 1. The number of benzene rings is 1. The first-order valence-electron chi connectivity index (χ1n) is 9.39. The predicted octanol–water partition coefficient (Wildman–Crippen LogP) is 2.08. The standard InChI is InChI=1S/C20H28N4O/c1-17-6-4-5-9-24(17)20(25)16-23-12-10-22(11-13-23)15-19-8-3-2-7-18(19)14-21/h2-3,7-8,17H,4-6,9-13,15-16H2,1H3. The number of piperazine rings is 1. The minimum atomic E-state index is 0.287. The van der Waals surface area contributed by atoms with Gasteiger partial charge in [0.25, 0.3) is 0 Å². The van der Waals surface area contributed by atoms with Crippen molar-refractivity contribution in [3.63, 3.8) is 0 Å². The van der Waals surface area contributed by atoms with Crippen LogP contribution in [0.2, 0.25) is 0 Å². The molecule has 1 atom stereocenters. The van der Waals surface area contributed by atoms with Crippen molar-refractivity contribution >= 4 is 5.91 Å². The minimum absolute atomic E-state index is 0.287. The van der Waals surface area contributed by atoms with E-state index in [4.69, 9.17) is 0 Å². The van der Waals surface area contributed by atoms with Gasteiger partial charge in [-0.15, -0.1) is 0 Å². The molecule has 2 saturated heterocycles. The molecule has 3 rings (SSSR count). The van der Waals surface area contributed by atoms with Gasteiger partial charge in [0.1, 0.15) is 0 Å². The van der Waals surface area contributed by atoms with Crippen LogP contribution in [0.3, 0.4) is 0 Å². The molecule has 1 aromatic rings. The molecule has 0 aliphatic carbocycles. The number of nitrogens with zero attached hydrogens (tertiary/aromatic N) is 4. The smallest absolute Gasteiger partial charge is 0.236 e. The van der Waals surface area contributed by atoms with Crippen molar-refractivity contribution in [3.05, 3.63) is 35.4 Å². The first-order chi connectivity index (χ1) is 12.2. The topological polar surface area (TPSA) is 50.6 Å². The summed E-state index contributed by atoms with van der Waals surface area (Å²) in [6, 6.07) is 10.5. The first-order valence-corrected chi connectivity index (χ1v) is 9.39. The summed E-state index contributed by atoms with van der Waals surface area (Å²) in [5.74, 6) is 0.287. The van der Waals surface area contributed by atoms with E-state index in [0.717, 1.165) is 63.2 Å². The van der Waals surface area contributed by atoms with Crippen LogP contribution < -0.4 is 0 Å². The molecule has 2 aliphatic rings. The zero-order chi connectivity index (χ0) is 17.6. The highest BCUT2D eigenvalue weighted by molar-refractivity contribution is 5.78. The van der Waals surface area contributed by atoms with E-state index in [2.05, 4.69) is 27.7 Å². The maximum Gasteiger partial charge on any atom is 0.236 e. The first kappa shape index (κ1) is 17.9. The van der Waals surface area contributed by atoms with E-state index in [1.165, 1.54) is 6.42 Å². The number of carbonyl (C=O) groups is 1. The lowest BCUT2D eigenvalue weighted by Crippen LogP contribution is -2.51. The second-order valence-corrected chi connectivity index (χ2v) is 7.25. The van der Waals surface area contributed by atoms with Crippen LogP contribution in [0.15, 0.2) is 24.3 Å². The van der Waals surface area contributed by atoms with Gasteiger partial charge < -0.3 is 4.90 Å². The molecule has 2 heterocycles. The molecule has 0 N–H and O–H groups in total. The Morgan fingerprint density at radius 3 is 2.56 bits per heavy atom. The van der Waals surface area contributed by atoms with Gasteiger partial charge in [0, 0.05) is 45.3 Å². The number of hydrogen-bond acceptors (Lipinski definition) is 4. The Morgan fingerprint density at radius 1 is 1.12 bits per heavy atom. The summed E-state index contributed by atoms with van der Waals surface area (Å²) in [6.45, 7) is 8.19. The van der Waals surface area contributed by atoms with Gasteiger partial charge in [0.2, 0.25) is 5.91 Å². The molecule has 5 nitrogen and oxygen atoms in total. The number of hydrogen-bond donors (Lipinski definition) is 0. The Bertz CT molecular complexity index is 631. The van der Waals surface area contributed by atoms with Crippen LogP contribution >= 0.6 is 0 Å². The number of nitriles is 1. The normalized spacial score (nSPS) is 22.6. The van der Waals surface area contributed by atoms with Gasteiger partial charge in [-0.05, 0) is 37.8 Å². The maximum atomic E-state index is 12.6. The SMILES string of the molecule is CC1CCCCN1C(=O)CN1CCN(Cc2ccccc2C#N)CC1. The van der Waals surface area contributed by atoms with Gasteiger partial charge in [-0.1, -0.05) is 18.2 Å². The Hall–Kier alpha value is -1.90. The van der Waals surface area contributed by atoms with Crippen molar-refractivity contribution in [1.82, 2.24) is 14.7 Å². The highest BCUT2D eigenvalue weighted by Gasteiger charge is 2.26. The molecule has 2 aliphatic heterocycles. The summed E-state index contributed by atoms with van der Waals surface area (Å²) in [5.41, 5.74) is 1.86. The fourth-order valence-corrected chi connectivity index (χ4v) is 3.86. The molecule has 0 spiro atoms. The summed E-state index contributed by atoms with van der Waals surface area (Å²) >= 11 is 0. The molecule has 1 amide bonds. The van der Waals surface area contributed by atoms with Gasteiger partial charge in [0.05, 0.1) is 18.2 Å². The van der Waals surface area contributed by atoms with E-state index in [1.54, 1.807) is 0 Å². The van der Waals surface area contributed by atoms with E-state index in [9.17, 15) is 10.1 Å². The van der Waals surface area contributed by atoms with Crippen molar-refractivity contribution in [1.29, 1.82) is 5.26 Å². The lowest BCUT2D eigenvalue weighted by molar-refractivity contribution is -0.136. The Balaban J connectivity index is 1.47. The van der Waals surface area contributed by atoms with Crippen molar-refractivity contribution in [3.8, 4) is 6.07 Å². The molecule has 25 heavy (non-hydrogen) atoms. The van der Waals surface area contributed by atoms with Crippen LogP contribution in [-0.4, -0.2) is 65.9 Å². The van der Waals surface area contributed by atoms with Gasteiger partial charge in [-0.3, -0.25) is 14.6 Å². The van der Waals surface area contributed by atoms with Gasteiger partial charge >= 0.3 is 0 Å². The van der Waals surface area contributed by atoms with Crippen LogP contribution in [0.25, 0.3) is 0 Å². The fraction of sp³-hybridized carbons (Fsp3) is 0.600. The monoisotopic (exact) mass is 340 g/mol. The van der Waals surface area contributed by atoms with Gasteiger partial charge in [0.15, 0.2) is 0 Å². The number of amides is 1. The summed E-state index contributed by atoms with van der Waals surface area (Å²) in [5, 5.41) is 9.22. The lowest BCUT2D eigenvalue weighted by Gasteiger charge is -2.38. The van der Waals surface area contributed by atoms with E-state index >= 15 is 0 Å². The van der Waals surface area contributed by atoms with E-state index in [1.807, 2.05) is 24.3 Å². The molecule has 5 heteroatoms. The van der Waals surface area contributed by atoms with Crippen LogP contribution in [0.5, 0.6) is 0 Å². The van der Waals surface area contributed by atoms with Crippen molar-refractivity contribution in [2.75, 3.05) is 39.3 Å². The van der Waals surface area contributed by atoms with E-state index in [0.29, 0.717) is 12.6 Å². The molecule has 134 valence electrons. The molecule has 0 radical (unpaired) electrons. The van der Waals surface area contributed by atoms with Gasteiger partial charge in [-0.25, -0.2) is 0 Å². The van der Waals surface area contributed by atoms with Crippen molar-refractivity contribution < 1.29 is 4.79 Å². The average molecular weight is 340 g/mol. The van der Waals surface area contributed by atoms with Crippen LogP contribution in [0.4, 0.5) is 0 Å². The highest BCUT2D eigenvalue weighted by Crippen LogP contribution is 2.17. The molecule has 0 saturated carbocycles. The molecule has 1 aromatic carbocycles. The van der Waals surface area contributed by atoms with E-state index in [-0.39, 0.29) is 5.91 Å². The molecule has 2 fully saturated rings. The third kappa shape index (κ3) is 4.59. The summed E-state index contributed by atoms with van der Waals surface area (Å²) < 4.78 is 0. The fourth-order valence-electron chi connectivity index (χ4n) is 3.86. The quantitative estimate of drug-likeness (QED) is 0.842. The summed E-state index contributed by atoms with van der Waals surface area (Å²) in [4.78, 5) is 19.3. The second-order valence-electron chi connectivity index (χ2n) is 7.25. The van der Waals surface area contributed by atoms with Crippen molar-refractivity contribution in [2.24, 2.45) is 0 Å². The largest absolute Gasteiger partial charge is 0.339 e. The Labute approximate surface area is 150 Å². The lowest BCUT2D eigenvalue weighted by atomic mass is 10.0.